The van der Waals surface area contributed by atoms with Crippen molar-refractivity contribution in [1.29, 1.82) is 0 Å². The van der Waals surface area contributed by atoms with E-state index in [4.69, 9.17) is 0 Å². The molecule has 4 aromatic heterocycles. The number of nitrogens with zero attached hydrogens (tertiary/aromatic N) is 6. The van der Waals surface area contributed by atoms with E-state index in [0.717, 1.165) is 37.0 Å². The molecule has 4 rings (SSSR count). The fraction of sp³-hybridized carbons (Fsp3) is 0.235. The van der Waals surface area contributed by atoms with Gasteiger partial charge in [0.1, 0.15) is 15.7 Å². The van der Waals surface area contributed by atoms with Crippen LogP contribution in [0.25, 0.3) is 26.3 Å². The molecule has 25 heavy (non-hydrogen) atoms. The standard InChI is InChI=1S/C17H16N6S2/c1-10(2)15-20-21-17(25-15)23-8-6-13(22-23)14-11(3)19-16(24-14)12-5-4-7-18-9-12/h4-10H,1-3H3. The lowest BCUT2D eigenvalue weighted by atomic mass is 10.2. The third-order valence-electron chi connectivity index (χ3n) is 3.65. The van der Waals surface area contributed by atoms with Crippen molar-refractivity contribution in [2.24, 2.45) is 0 Å². The molecule has 8 heteroatoms. The zero-order valence-corrected chi connectivity index (χ0v) is 15.7. The van der Waals surface area contributed by atoms with Crippen molar-refractivity contribution >= 4 is 22.7 Å². The van der Waals surface area contributed by atoms with Crippen LogP contribution in [0.5, 0.6) is 0 Å². The van der Waals surface area contributed by atoms with Crippen LogP contribution in [0, 0.1) is 6.92 Å². The Balaban J connectivity index is 1.67. The monoisotopic (exact) mass is 368 g/mol. The second-order valence-electron chi connectivity index (χ2n) is 5.90. The van der Waals surface area contributed by atoms with Gasteiger partial charge in [0.2, 0.25) is 5.13 Å². The van der Waals surface area contributed by atoms with Gasteiger partial charge < -0.3 is 0 Å². The SMILES string of the molecule is Cc1nc(-c2cccnc2)sc1-c1ccn(-c2nnc(C(C)C)s2)n1. The van der Waals surface area contributed by atoms with Gasteiger partial charge in [-0.25, -0.2) is 9.67 Å². The van der Waals surface area contributed by atoms with E-state index in [2.05, 4.69) is 39.1 Å². The van der Waals surface area contributed by atoms with Gasteiger partial charge in [0, 0.05) is 30.1 Å². The molecular weight excluding hydrogens is 352 g/mol. The van der Waals surface area contributed by atoms with Crippen molar-refractivity contribution < 1.29 is 0 Å². The van der Waals surface area contributed by atoms with Crippen LogP contribution in [-0.4, -0.2) is 29.9 Å². The minimum Gasteiger partial charge on any atom is -0.264 e. The summed E-state index contributed by atoms with van der Waals surface area (Å²) >= 11 is 3.19. The van der Waals surface area contributed by atoms with Crippen molar-refractivity contribution in [3.63, 3.8) is 0 Å². The van der Waals surface area contributed by atoms with Crippen molar-refractivity contribution in [2.45, 2.75) is 26.7 Å². The van der Waals surface area contributed by atoms with Crippen LogP contribution in [-0.2, 0) is 0 Å². The maximum Gasteiger partial charge on any atom is 0.232 e. The van der Waals surface area contributed by atoms with E-state index >= 15 is 0 Å². The van der Waals surface area contributed by atoms with Crippen LogP contribution in [0.4, 0.5) is 0 Å². The number of rotatable bonds is 4. The lowest BCUT2D eigenvalue weighted by Gasteiger charge is -1.95. The first kappa shape index (κ1) is 16.0. The first-order valence-electron chi connectivity index (χ1n) is 7.89. The molecular formula is C17H16N6S2. The third-order valence-corrected chi connectivity index (χ3v) is 6.09. The molecule has 0 aliphatic rings. The molecule has 0 radical (unpaired) electrons. The predicted molar refractivity (Wildman–Crippen MR) is 100 cm³/mol. The molecule has 0 unspecified atom stereocenters. The van der Waals surface area contributed by atoms with Gasteiger partial charge in [0.05, 0.1) is 10.6 Å². The molecule has 4 heterocycles. The number of hydrogen-bond donors (Lipinski definition) is 0. The molecule has 4 aromatic rings. The largest absolute Gasteiger partial charge is 0.264 e. The molecule has 0 bridgehead atoms. The van der Waals surface area contributed by atoms with E-state index in [9.17, 15) is 0 Å². The van der Waals surface area contributed by atoms with Crippen molar-refractivity contribution in [2.75, 3.05) is 0 Å². The Hall–Kier alpha value is -2.45. The molecule has 0 fully saturated rings. The average molecular weight is 368 g/mol. The summed E-state index contributed by atoms with van der Waals surface area (Å²) in [5, 5.41) is 15.9. The summed E-state index contributed by atoms with van der Waals surface area (Å²) < 4.78 is 1.78. The second kappa shape index (κ2) is 6.45. The molecule has 0 aromatic carbocycles. The summed E-state index contributed by atoms with van der Waals surface area (Å²) in [5.74, 6) is 0.368. The Morgan fingerprint density at radius 2 is 2.00 bits per heavy atom. The van der Waals surface area contributed by atoms with Gasteiger partial charge in [-0.2, -0.15) is 5.10 Å². The van der Waals surface area contributed by atoms with Crippen LogP contribution in [0.2, 0.25) is 0 Å². The fourth-order valence-corrected chi connectivity index (χ4v) is 4.15. The minimum atomic E-state index is 0.368. The first-order chi connectivity index (χ1) is 12.1. The fourth-order valence-electron chi connectivity index (χ4n) is 2.35. The van der Waals surface area contributed by atoms with E-state index < -0.39 is 0 Å². The van der Waals surface area contributed by atoms with Crippen molar-refractivity contribution in [3.8, 4) is 26.3 Å². The molecule has 0 saturated heterocycles. The Kier molecular flexibility index (Phi) is 4.14. The highest BCUT2D eigenvalue weighted by Crippen LogP contribution is 2.34. The van der Waals surface area contributed by atoms with Crippen LogP contribution in [0.3, 0.4) is 0 Å². The number of aromatic nitrogens is 6. The van der Waals surface area contributed by atoms with E-state index in [1.807, 2.05) is 37.5 Å². The van der Waals surface area contributed by atoms with Crippen LogP contribution in [0.15, 0.2) is 36.8 Å². The summed E-state index contributed by atoms with van der Waals surface area (Å²) in [6.07, 6.45) is 5.51. The van der Waals surface area contributed by atoms with Gasteiger partial charge in [0.25, 0.3) is 0 Å². The third kappa shape index (κ3) is 3.10. The van der Waals surface area contributed by atoms with Crippen molar-refractivity contribution in [3.05, 3.63) is 47.5 Å². The molecule has 0 saturated carbocycles. The summed E-state index contributed by atoms with van der Waals surface area (Å²) in [6, 6.07) is 5.93. The van der Waals surface area contributed by atoms with Gasteiger partial charge in [-0.15, -0.1) is 21.5 Å². The highest BCUT2D eigenvalue weighted by atomic mass is 32.1. The quantitative estimate of drug-likeness (QED) is 0.536. The van der Waals surface area contributed by atoms with E-state index in [1.165, 1.54) is 0 Å². The zero-order chi connectivity index (χ0) is 17.4. The molecule has 0 spiro atoms. The average Bonchev–Trinajstić information content (AvgIpc) is 3.34. The molecule has 0 aliphatic carbocycles. The predicted octanol–water partition coefficient (Wildman–Crippen LogP) is 4.34. The number of thiazole rings is 1. The van der Waals surface area contributed by atoms with E-state index in [0.29, 0.717) is 5.92 Å². The summed E-state index contributed by atoms with van der Waals surface area (Å²) in [5.41, 5.74) is 2.88. The topological polar surface area (TPSA) is 69.4 Å². The Morgan fingerprint density at radius 3 is 2.72 bits per heavy atom. The number of aryl methyl sites for hydroxylation is 1. The number of hydrogen-bond acceptors (Lipinski definition) is 7. The van der Waals surface area contributed by atoms with Crippen molar-refractivity contribution in [1.82, 2.24) is 29.9 Å². The van der Waals surface area contributed by atoms with Crippen LogP contribution >= 0.6 is 22.7 Å². The minimum absolute atomic E-state index is 0.368. The van der Waals surface area contributed by atoms with E-state index in [1.54, 1.807) is 33.6 Å². The molecule has 0 aliphatic heterocycles. The Morgan fingerprint density at radius 1 is 1.12 bits per heavy atom. The Labute approximate surface area is 153 Å². The Bertz CT molecular complexity index is 999. The number of pyridine rings is 1. The van der Waals surface area contributed by atoms with Gasteiger partial charge in [0.15, 0.2) is 0 Å². The van der Waals surface area contributed by atoms with Crippen LogP contribution < -0.4 is 0 Å². The maximum atomic E-state index is 4.67. The highest BCUT2D eigenvalue weighted by Gasteiger charge is 2.15. The highest BCUT2D eigenvalue weighted by molar-refractivity contribution is 7.18. The second-order valence-corrected chi connectivity index (χ2v) is 7.88. The van der Waals surface area contributed by atoms with Gasteiger partial charge in [-0.3, -0.25) is 4.98 Å². The molecule has 0 amide bonds. The summed E-state index contributed by atoms with van der Waals surface area (Å²) in [7, 11) is 0. The molecule has 126 valence electrons. The van der Waals surface area contributed by atoms with Gasteiger partial charge in [-0.05, 0) is 25.1 Å². The summed E-state index contributed by atoms with van der Waals surface area (Å²) in [6.45, 7) is 6.23. The van der Waals surface area contributed by atoms with Crippen LogP contribution in [0.1, 0.15) is 30.5 Å². The zero-order valence-electron chi connectivity index (χ0n) is 14.0. The normalized spacial score (nSPS) is 11.4. The maximum absolute atomic E-state index is 4.67. The lowest BCUT2D eigenvalue weighted by Crippen LogP contribution is -1.93. The lowest BCUT2D eigenvalue weighted by molar-refractivity contribution is 0.804. The van der Waals surface area contributed by atoms with Gasteiger partial charge in [-0.1, -0.05) is 25.2 Å². The molecule has 0 atom stereocenters. The molecule has 6 nitrogen and oxygen atoms in total. The smallest absolute Gasteiger partial charge is 0.232 e. The summed E-state index contributed by atoms with van der Waals surface area (Å²) in [4.78, 5) is 9.90. The molecule has 0 N–H and O–H groups in total. The van der Waals surface area contributed by atoms with Gasteiger partial charge >= 0.3 is 0 Å². The first-order valence-corrected chi connectivity index (χ1v) is 9.53. The van der Waals surface area contributed by atoms with E-state index in [-0.39, 0.29) is 0 Å².